The van der Waals surface area contributed by atoms with Crippen molar-refractivity contribution in [1.29, 1.82) is 0 Å². The van der Waals surface area contributed by atoms with Crippen LogP contribution in [0.25, 0.3) is 11.3 Å². The van der Waals surface area contributed by atoms with Crippen molar-refractivity contribution in [2.45, 2.75) is 12.6 Å². The average molecular weight is 434 g/mol. The van der Waals surface area contributed by atoms with Crippen LogP contribution in [0.15, 0.2) is 41.3 Å². The van der Waals surface area contributed by atoms with E-state index < -0.39 is 18.6 Å². The minimum Gasteiger partial charge on any atom is -0.464 e. The summed E-state index contributed by atoms with van der Waals surface area (Å²) in [4.78, 5) is 29.7. The number of aryl methyl sites for hydroxylation is 1. The summed E-state index contributed by atoms with van der Waals surface area (Å²) in [5, 5.41) is 9.11. The van der Waals surface area contributed by atoms with E-state index >= 15 is 0 Å². The number of aromatic nitrogens is 3. The molecule has 31 heavy (non-hydrogen) atoms. The Labute approximate surface area is 173 Å². The van der Waals surface area contributed by atoms with Crippen LogP contribution in [0.5, 0.6) is 0 Å². The predicted molar refractivity (Wildman–Crippen MR) is 105 cm³/mol. The van der Waals surface area contributed by atoms with Crippen molar-refractivity contribution in [1.82, 2.24) is 14.8 Å². The van der Waals surface area contributed by atoms with Crippen molar-refractivity contribution in [3.63, 3.8) is 0 Å². The molecular formula is C19H17F3N6O3. The van der Waals surface area contributed by atoms with Gasteiger partial charge in [0, 0.05) is 31.8 Å². The van der Waals surface area contributed by atoms with Gasteiger partial charge in [-0.05, 0) is 18.2 Å². The van der Waals surface area contributed by atoms with Crippen molar-refractivity contribution in [2.75, 3.05) is 28.6 Å². The molecule has 0 radical (unpaired) electrons. The topological polar surface area (TPSA) is 105 Å². The minimum absolute atomic E-state index is 0.0245. The number of carbonyl (C=O) groups excluding carboxylic acids is 2. The Morgan fingerprint density at radius 2 is 2.13 bits per heavy atom. The summed E-state index contributed by atoms with van der Waals surface area (Å²) in [7, 11) is 1.67. The molecule has 2 amide bonds. The highest BCUT2D eigenvalue weighted by Gasteiger charge is 2.30. The number of alkyl halides is 3. The van der Waals surface area contributed by atoms with Crippen molar-refractivity contribution < 1.29 is 27.2 Å². The molecule has 0 saturated carbocycles. The summed E-state index contributed by atoms with van der Waals surface area (Å²) in [6.07, 6.45) is 0.211. The van der Waals surface area contributed by atoms with Crippen molar-refractivity contribution >= 4 is 29.1 Å². The fourth-order valence-corrected chi connectivity index (χ4v) is 2.98. The van der Waals surface area contributed by atoms with Gasteiger partial charge in [0.2, 0.25) is 5.91 Å². The minimum atomic E-state index is -4.38. The van der Waals surface area contributed by atoms with Crippen LogP contribution < -0.4 is 15.5 Å². The van der Waals surface area contributed by atoms with Crippen LogP contribution >= 0.6 is 0 Å². The van der Waals surface area contributed by atoms with E-state index in [-0.39, 0.29) is 23.0 Å². The summed E-state index contributed by atoms with van der Waals surface area (Å²) < 4.78 is 44.1. The van der Waals surface area contributed by atoms with E-state index in [2.05, 4.69) is 20.7 Å². The van der Waals surface area contributed by atoms with Gasteiger partial charge < -0.3 is 15.1 Å². The number of amides is 2. The Morgan fingerprint density at radius 3 is 2.81 bits per heavy atom. The molecule has 1 aliphatic rings. The van der Waals surface area contributed by atoms with E-state index in [4.69, 9.17) is 4.42 Å². The quantitative estimate of drug-likeness (QED) is 0.578. The maximum absolute atomic E-state index is 12.6. The van der Waals surface area contributed by atoms with Crippen molar-refractivity contribution in [3.05, 3.63) is 42.4 Å². The number of halogens is 3. The van der Waals surface area contributed by atoms with Gasteiger partial charge in [0.05, 0.1) is 11.8 Å². The van der Waals surface area contributed by atoms with Crippen LogP contribution in [0, 0.1) is 0 Å². The SMILES string of the molecule is Cn1cc(NC(=O)c2coc(-c3ccnc(NCC(F)(F)F)c3)c2)c(N2CCC2=O)n1. The fourth-order valence-electron chi connectivity index (χ4n) is 2.98. The van der Waals surface area contributed by atoms with E-state index in [9.17, 15) is 22.8 Å². The van der Waals surface area contributed by atoms with Crippen molar-refractivity contribution in [3.8, 4) is 11.3 Å². The van der Waals surface area contributed by atoms with Gasteiger partial charge >= 0.3 is 6.18 Å². The second kappa shape index (κ2) is 7.78. The zero-order chi connectivity index (χ0) is 22.2. The zero-order valence-electron chi connectivity index (χ0n) is 16.2. The smallest absolute Gasteiger partial charge is 0.405 e. The average Bonchev–Trinajstić information content (AvgIpc) is 3.32. The molecule has 9 nitrogen and oxygen atoms in total. The largest absolute Gasteiger partial charge is 0.464 e. The van der Waals surface area contributed by atoms with E-state index in [1.807, 2.05) is 0 Å². The molecule has 1 fully saturated rings. The number of pyridine rings is 1. The molecule has 0 spiro atoms. The lowest BCUT2D eigenvalue weighted by Crippen LogP contribution is -2.44. The molecule has 0 bridgehead atoms. The Hall–Kier alpha value is -3.83. The zero-order valence-corrected chi connectivity index (χ0v) is 16.2. The third kappa shape index (κ3) is 4.52. The lowest BCUT2D eigenvalue weighted by atomic mass is 10.2. The molecule has 4 heterocycles. The second-order valence-corrected chi connectivity index (χ2v) is 6.89. The molecule has 2 N–H and O–H groups in total. The first-order valence-corrected chi connectivity index (χ1v) is 9.20. The van der Waals surface area contributed by atoms with Crippen LogP contribution in [0.3, 0.4) is 0 Å². The summed E-state index contributed by atoms with van der Waals surface area (Å²) in [6.45, 7) is -0.691. The number of furan rings is 1. The number of nitrogens with zero attached hydrogens (tertiary/aromatic N) is 4. The first kappa shape index (κ1) is 20.4. The van der Waals surface area contributed by atoms with Crippen LogP contribution in [-0.2, 0) is 11.8 Å². The molecule has 162 valence electrons. The molecule has 4 rings (SSSR count). The number of hydrogen-bond donors (Lipinski definition) is 2. The third-order valence-corrected chi connectivity index (χ3v) is 4.54. The van der Waals surface area contributed by atoms with Crippen LogP contribution in [0.2, 0.25) is 0 Å². The highest BCUT2D eigenvalue weighted by Crippen LogP contribution is 2.30. The molecular weight excluding hydrogens is 417 g/mol. The van der Waals surface area contributed by atoms with Crippen molar-refractivity contribution in [2.24, 2.45) is 7.05 Å². The lowest BCUT2D eigenvalue weighted by Gasteiger charge is -2.29. The highest BCUT2D eigenvalue weighted by molar-refractivity contribution is 6.08. The van der Waals surface area contributed by atoms with Gasteiger partial charge in [-0.15, -0.1) is 0 Å². The molecule has 1 saturated heterocycles. The van der Waals surface area contributed by atoms with E-state index in [1.54, 1.807) is 19.3 Å². The Bertz CT molecular complexity index is 1140. The maximum atomic E-state index is 12.6. The predicted octanol–water partition coefficient (Wildman–Crippen LogP) is 3.04. The molecule has 1 aliphatic heterocycles. The summed E-state index contributed by atoms with van der Waals surface area (Å²) >= 11 is 0. The molecule has 0 atom stereocenters. The van der Waals surface area contributed by atoms with E-state index in [1.165, 1.54) is 34.2 Å². The number of rotatable bonds is 6. The van der Waals surface area contributed by atoms with Crippen LogP contribution in [0.1, 0.15) is 16.8 Å². The Balaban J connectivity index is 1.48. The van der Waals surface area contributed by atoms with Crippen LogP contribution in [0.4, 0.5) is 30.5 Å². The van der Waals surface area contributed by atoms with Gasteiger partial charge in [-0.25, -0.2) is 4.98 Å². The number of carbonyl (C=O) groups is 2. The van der Waals surface area contributed by atoms with Gasteiger partial charge in [0.25, 0.3) is 5.91 Å². The first-order valence-electron chi connectivity index (χ1n) is 9.20. The van der Waals surface area contributed by atoms with Crippen LogP contribution in [-0.4, -0.2) is 45.8 Å². The van der Waals surface area contributed by atoms with Gasteiger partial charge in [-0.2, -0.15) is 18.3 Å². The highest BCUT2D eigenvalue weighted by atomic mass is 19.4. The molecule has 3 aromatic rings. The normalized spacial score (nSPS) is 13.8. The van der Waals surface area contributed by atoms with Gasteiger partial charge in [-0.1, -0.05) is 0 Å². The molecule has 0 unspecified atom stereocenters. The van der Waals surface area contributed by atoms with Gasteiger partial charge in [0.1, 0.15) is 30.1 Å². The summed E-state index contributed by atoms with van der Waals surface area (Å²) in [6, 6.07) is 4.40. The Kier molecular flexibility index (Phi) is 5.13. The molecule has 12 heteroatoms. The summed E-state index contributed by atoms with van der Waals surface area (Å²) in [5.74, 6) is 0.114. The molecule has 3 aromatic heterocycles. The monoisotopic (exact) mass is 434 g/mol. The summed E-state index contributed by atoms with van der Waals surface area (Å²) in [5.41, 5.74) is 1.03. The van der Waals surface area contributed by atoms with E-state index in [0.717, 1.165) is 0 Å². The number of nitrogens with one attached hydrogen (secondary N) is 2. The second-order valence-electron chi connectivity index (χ2n) is 6.89. The van der Waals surface area contributed by atoms with Gasteiger partial charge in [0.15, 0.2) is 5.82 Å². The number of hydrogen-bond acceptors (Lipinski definition) is 6. The maximum Gasteiger partial charge on any atom is 0.405 e. The number of β-lactam (4-membered cyclic amide) rings is 1. The standard InChI is InChI=1S/C19H17F3N6O3/c1-27-8-13(17(26-27)28-5-3-16(28)29)25-18(30)12-6-14(31-9-12)11-2-4-23-15(7-11)24-10-19(20,21)22/h2,4,6-9H,3,5,10H2,1H3,(H,23,24)(H,25,30). The van der Waals surface area contributed by atoms with Gasteiger partial charge in [-0.3, -0.25) is 19.2 Å². The van der Waals surface area contributed by atoms with E-state index in [0.29, 0.717) is 30.0 Å². The first-order chi connectivity index (χ1) is 14.7. The third-order valence-electron chi connectivity index (χ3n) is 4.54. The fraction of sp³-hybridized carbons (Fsp3) is 0.263. The molecule has 0 aromatic carbocycles. The molecule has 0 aliphatic carbocycles. The Morgan fingerprint density at radius 1 is 1.32 bits per heavy atom. The lowest BCUT2D eigenvalue weighted by molar-refractivity contribution is -0.122. The number of anilines is 3.